The Morgan fingerprint density at radius 3 is 2.10 bits per heavy atom. The van der Waals surface area contributed by atoms with Crippen LogP contribution in [0.15, 0.2) is 66.7 Å². The summed E-state index contributed by atoms with van der Waals surface area (Å²) in [5.41, 5.74) is 4.50. The van der Waals surface area contributed by atoms with Crippen LogP contribution in [0.25, 0.3) is 43.7 Å². The van der Waals surface area contributed by atoms with E-state index < -0.39 is 0 Å². The number of aryl methyl sites for hydroxylation is 1. The average molecular weight is 397 g/mol. The zero-order valence-electron chi connectivity index (χ0n) is 17.5. The lowest BCUT2D eigenvalue weighted by atomic mass is 9.92. The molecule has 5 rings (SSSR count). The summed E-state index contributed by atoms with van der Waals surface area (Å²) in [5, 5.41) is 4.78. The lowest BCUT2D eigenvalue weighted by molar-refractivity contribution is 0.325. The fourth-order valence-corrected chi connectivity index (χ4v) is 4.56. The second-order valence-electron chi connectivity index (χ2n) is 7.32. The molecule has 0 N–H and O–H groups in total. The molecule has 0 saturated carbocycles. The van der Waals surface area contributed by atoms with E-state index in [9.17, 15) is 0 Å². The number of fused-ring (bicyclic) bond motifs is 4. The van der Waals surface area contributed by atoms with Crippen molar-refractivity contribution in [2.45, 2.75) is 0 Å². The Balaban J connectivity index is 2.04. The van der Waals surface area contributed by atoms with Crippen LogP contribution in [-0.4, -0.2) is 25.9 Å². The van der Waals surface area contributed by atoms with Crippen molar-refractivity contribution in [3.63, 3.8) is 0 Å². The molecule has 0 aliphatic carbocycles. The van der Waals surface area contributed by atoms with E-state index in [1.165, 1.54) is 32.6 Å². The first-order valence-electron chi connectivity index (χ1n) is 9.87. The van der Waals surface area contributed by atoms with Crippen molar-refractivity contribution in [1.82, 2.24) is 4.57 Å². The average Bonchev–Trinajstić information content (AvgIpc) is 3.08. The van der Waals surface area contributed by atoms with E-state index in [2.05, 4.69) is 72.3 Å². The first-order chi connectivity index (χ1) is 14.7. The normalized spacial score (nSPS) is 11.3. The Labute approximate surface area is 175 Å². The van der Waals surface area contributed by atoms with Crippen molar-refractivity contribution >= 4 is 32.6 Å². The molecule has 0 saturated heterocycles. The Morgan fingerprint density at radius 1 is 0.667 bits per heavy atom. The van der Waals surface area contributed by atoms with Crippen molar-refractivity contribution in [2.24, 2.45) is 7.05 Å². The molecule has 0 spiro atoms. The minimum absolute atomic E-state index is 0.596. The smallest absolute Gasteiger partial charge is 0.203 e. The molecule has 0 amide bonds. The fourth-order valence-electron chi connectivity index (χ4n) is 4.56. The standard InChI is InChI=1S/C26H23NO3/c1-27-20-12-8-7-11-18(20)24-21(27)15-16-9-5-6-10-17(16)23(24)19-13-14-22(28-2)26(30-4)25(19)29-3/h5-15H,1-4H3. The van der Waals surface area contributed by atoms with E-state index in [-0.39, 0.29) is 0 Å². The summed E-state index contributed by atoms with van der Waals surface area (Å²) < 4.78 is 19.3. The third-order valence-corrected chi connectivity index (χ3v) is 5.90. The van der Waals surface area contributed by atoms with Gasteiger partial charge in [-0.15, -0.1) is 0 Å². The number of nitrogens with zero attached hydrogens (tertiary/aromatic N) is 1. The maximum absolute atomic E-state index is 5.87. The van der Waals surface area contributed by atoms with Gasteiger partial charge in [-0.05, 0) is 35.0 Å². The maximum Gasteiger partial charge on any atom is 0.203 e. The van der Waals surface area contributed by atoms with Gasteiger partial charge in [0.25, 0.3) is 0 Å². The van der Waals surface area contributed by atoms with Gasteiger partial charge in [0.2, 0.25) is 5.75 Å². The van der Waals surface area contributed by atoms with E-state index in [1.54, 1.807) is 21.3 Å². The van der Waals surface area contributed by atoms with E-state index in [0.717, 1.165) is 11.1 Å². The van der Waals surface area contributed by atoms with E-state index in [1.807, 2.05) is 6.07 Å². The predicted octanol–water partition coefficient (Wildman–Crippen LogP) is 6.18. The monoisotopic (exact) mass is 397 g/mol. The second-order valence-corrected chi connectivity index (χ2v) is 7.32. The molecule has 4 heteroatoms. The van der Waals surface area contributed by atoms with Crippen LogP contribution in [0.5, 0.6) is 17.2 Å². The topological polar surface area (TPSA) is 32.6 Å². The Hall–Kier alpha value is -3.66. The number of aromatic nitrogens is 1. The molecule has 30 heavy (non-hydrogen) atoms. The van der Waals surface area contributed by atoms with Crippen LogP contribution in [0.4, 0.5) is 0 Å². The minimum atomic E-state index is 0.596. The van der Waals surface area contributed by atoms with Crippen molar-refractivity contribution < 1.29 is 14.2 Å². The number of ether oxygens (including phenoxy) is 3. The summed E-state index contributed by atoms with van der Waals surface area (Å²) in [6.07, 6.45) is 0. The molecule has 0 fully saturated rings. The van der Waals surface area contributed by atoms with Crippen LogP contribution in [0, 0.1) is 0 Å². The number of para-hydroxylation sites is 1. The SMILES string of the molecule is COc1ccc(-c2c3ccccc3cc3c2c2ccccc2n3C)c(OC)c1OC. The molecule has 5 aromatic rings. The summed E-state index contributed by atoms with van der Waals surface area (Å²) in [5.74, 6) is 1.91. The third-order valence-electron chi connectivity index (χ3n) is 5.90. The van der Waals surface area contributed by atoms with Gasteiger partial charge >= 0.3 is 0 Å². The summed E-state index contributed by atoms with van der Waals surface area (Å²) >= 11 is 0. The van der Waals surface area contributed by atoms with Gasteiger partial charge in [0.15, 0.2) is 11.5 Å². The lowest BCUT2D eigenvalue weighted by Crippen LogP contribution is -1.97. The third kappa shape index (κ3) is 2.47. The molecule has 0 bridgehead atoms. The lowest BCUT2D eigenvalue weighted by Gasteiger charge is -2.18. The second kappa shape index (κ2) is 6.99. The summed E-state index contributed by atoms with van der Waals surface area (Å²) in [6.45, 7) is 0. The summed E-state index contributed by atoms with van der Waals surface area (Å²) in [6, 6.07) is 23.3. The molecule has 1 heterocycles. The van der Waals surface area contributed by atoms with Gasteiger partial charge < -0.3 is 18.8 Å². The first kappa shape index (κ1) is 18.4. The van der Waals surface area contributed by atoms with E-state index in [4.69, 9.17) is 14.2 Å². The highest BCUT2D eigenvalue weighted by Crippen LogP contribution is 2.49. The van der Waals surface area contributed by atoms with Gasteiger partial charge in [-0.3, -0.25) is 0 Å². The molecule has 0 aliphatic heterocycles. The largest absolute Gasteiger partial charge is 0.493 e. The van der Waals surface area contributed by atoms with Gasteiger partial charge in [-0.1, -0.05) is 42.5 Å². The Bertz CT molecular complexity index is 1420. The van der Waals surface area contributed by atoms with Crippen LogP contribution in [0.2, 0.25) is 0 Å². The fraction of sp³-hybridized carbons (Fsp3) is 0.154. The van der Waals surface area contributed by atoms with E-state index in [0.29, 0.717) is 17.2 Å². The van der Waals surface area contributed by atoms with Gasteiger partial charge in [0.1, 0.15) is 0 Å². The van der Waals surface area contributed by atoms with Crippen molar-refractivity contribution in [3.8, 4) is 28.4 Å². The van der Waals surface area contributed by atoms with Crippen molar-refractivity contribution in [3.05, 3.63) is 66.7 Å². The quantitative estimate of drug-likeness (QED) is 0.363. The number of hydrogen-bond acceptors (Lipinski definition) is 3. The highest BCUT2D eigenvalue weighted by atomic mass is 16.5. The molecule has 0 atom stereocenters. The molecular formula is C26H23NO3. The molecular weight excluding hydrogens is 374 g/mol. The minimum Gasteiger partial charge on any atom is -0.493 e. The molecule has 1 aromatic heterocycles. The van der Waals surface area contributed by atoms with Gasteiger partial charge in [-0.2, -0.15) is 0 Å². The molecule has 4 aromatic carbocycles. The highest BCUT2D eigenvalue weighted by Gasteiger charge is 2.22. The van der Waals surface area contributed by atoms with Crippen molar-refractivity contribution in [2.75, 3.05) is 21.3 Å². The van der Waals surface area contributed by atoms with Gasteiger partial charge in [0.05, 0.1) is 26.8 Å². The molecule has 0 unspecified atom stereocenters. The molecule has 0 aliphatic rings. The highest BCUT2D eigenvalue weighted by molar-refractivity contribution is 6.22. The van der Waals surface area contributed by atoms with Gasteiger partial charge in [-0.25, -0.2) is 0 Å². The van der Waals surface area contributed by atoms with Crippen LogP contribution in [0.1, 0.15) is 0 Å². The Kier molecular flexibility index (Phi) is 4.28. The van der Waals surface area contributed by atoms with Crippen LogP contribution >= 0.6 is 0 Å². The molecule has 150 valence electrons. The van der Waals surface area contributed by atoms with Crippen LogP contribution < -0.4 is 14.2 Å². The summed E-state index contributed by atoms with van der Waals surface area (Å²) in [7, 11) is 7.07. The summed E-state index contributed by atoms with van der Waals surface area (Å²) in [4.78, 5) is 0. The first-order valence-corrected chi connectivity index (χ1v) is 9.87. The van der Waals surface area contributed by atoms with Gasteiger partial charge in [0, 0.05) is 34.5 Å². The van der Waals surface area contributed by atoms with Crippen LogP contribution in [-0.2, 0) is 7.05 Å². The molecule has 4 nitrogen and oxygen atoms in total. The van der Waals surface area contributed by atoms with E-state index >= 15 is 0 Å². The number of rotatable bonds is 4. The number of methoxy groups -OCH3 is 3. The zero-order valence-corrected chi connectivity index (χ0v) is 17.5. The molecule has 0 radical (unpaired) electrons. The zero-order chi connectivity index (χ0) is 20.8. The maximum atomic E-state index is 5.87. The number of hydrogen-bond donors (Lipinski definition) is 0. The van der Waals surface area contributed by atoms with Crippen molar-refractivity contribution in [1.29, 1.82) is 0 Å². The number of benzene rings is 4. The predicted molar refractivity (Wildman–Crippen MR) is 123 cm³/mol. The van der Waals surface area contributed by atoms with Crippen LogP contribution in [0.3, 0.4) is 0 Å². The Morgan fingerprint density at radius 2 is 1.37 bits per heavy atom.